The Bertz CT molecular complexity index is 1200. The maximum Gasteiger partial charge on any atom is 0.351 e. The van der Waals surface area contributed by atoms with E-state index in [1.807, 2.05) is 19.1 Å². The number of carbonyl (C=O) groups excluding carboxylic acids is 1. The SMILES string of the molecule is Cc1ccc(-n2nc(-c3noc(CCC(=O)N4CCOCC4)n3)c(=O)n(C)c2=O)cc1. The van der Waals surface area contributed by atoms with Crippen LogP contribution < -0.4 is 11.2 Å². The lowest BCUT2D eigenvalue weighted by Crippen LogP contribution is -2.40. The van der Waals surface area contributed by atoms with Gasteiger partial charge < -0.3 is 14.2 Å². The van der Waals surface area contributed by atoms with E-state index >= 15 is 0 Å². The van der Waals surface area contributed by atoms with Crippen LogP contribution in [0.1, 0.15) is 17.9 Å². The van der Waals surface area contributed by atoms with Gasteiger partial charge in [0.25, 0.3) is 5.56 Å². The summed E-state index contributed by atoms with van der Waals surface area (Å²) in [4.78, 5) is 43.4. The summed E-state index contributed by atoms with van der Waals surface area (Å²) in [6.45, 7) is 4.11. The highest BCUT2D eigenvalue weighted by atomic mass is 16.5. The third kappa shape index (κ3) is 4.31. The molecule has 1 aliphatic rings. The Labute approximate surface area is 176 Å². The van der Waals surface area contributed by atoms with E-state index in [0.717, 1.165) is 14.8 Å². The minimum atomic E-state index is -0.634. The standard InChI is InChI=1S/C20H22N6O5/c1-13-3-5-14(6-4-13)26-20(29)24(2)19(28)17(22-26)18-21-15(31-23-18)7-8-16(27)25-9-11-30-12-10-25/h3-6H,7-12H2,1-2H3. The van der Waals surface area contributed by atoms with Crippen molar-refractivity contribution in [2.75, 3.05) is 26.3 Å². The summed E-state index contributed by atoms with van der Waals surface area (Å²) < 4.78 is 12.5. The summed E-state index contributed by atoms with van der Waals surface area (Å²) in [5.74, 6) is 0.161. The molecule has 1 saturated heterocycles. The lowest BCUT2D eigenvalue weighted by molar-refractivity contribution is -0.135. The van der Waals surface area contributed by atoms with Gasteiger partial charge in [0.2, 0.25) is 17.6 Å². The predicted molar refractivity (Wildman–Crippen MR) is 109 cm³/mol. The molecule has 1 aliphatic heterocycles. The Hall–Kier alpha value is -3.60. The number of morpholine rings is 1. The largest absolute Gasteiger partial charge is 0.378 e. The maximum absolute atomic E-state index is 12.6. The van der Waals surface area contributed by atoms with Crippen LogP contribution in [0.3, 0.4) is 0 Å². The molecule has 3 aromatic rings. The summed E-state index contributed by atoms with van der Waals surface area (Å²) in [5, 5.41) is 8.02. The molecule has 0 atom stereocenters. The molecule has 0 bridgehead atoms. The highest BCUT2D eigenvalue weighted by molar-refractivity contribution is 5.76. The lowest BCUT2D eigenvalue weighted by atomic mass is 10.2. The van der Waals surface area contributed by atoms with Crippen molar-refractivity contribution in [2.45, 2.75) is 19.8 Å². The van der Waals surface area contributed by atoms with Crippen LogP contribution in [0.25, 0.3) is 17.2 Å². The Balaban J connectivity index is 1.58. The molecule has 11 nitrogen and oxygen atoms in total. The second kappa shape index (κ2) is 8.64. The van der Waals surface area contributed by atoms with Gasteiger partial charge in [-0.05, 0) is 19.1 Å². The minimum Gasteiger partial charge on any atom is -0.378 e. The van der Waals surface area contributed by atoms with Crippen LogP contribution in [-0.4, -0.2) is 61.6 Å². The number of hydrogen-bond donors (Lipinski definition) is 0. The third-order valence-corrected chi connectivity index (χ3v) is 5.05. The number of aromatic nitrogens is 5. The summed E-state index contributed by atoms with van der Waals surface area (Å²) in [7, 11) is 1.36. The molecule has 2 aromatic heterocycles. The number of rotatable bonds is 5. The molecule has 31 heavy (non-hydrogen) atoms. The second-order valence-corrected chi connectivity index (χ2v) is 7.25. The fourth-order valence-electron chi connectivity index (χ4n) is 3.21. The average Bonchev–Trinajstić information content (AvgIpc) is 3.26. The molecule has 162 valence electrons. The molecular weight excluding hydrogens is 404 g/mol. The van der Waals surface area contributed by atoms with E-state index in [1.54, 1.807) is 17.0 Å². The van der Waals surface area contributed by atoms with Gasteiger partial charge in [-0.25, -0.2) is 4.79 Å². The first-order chi connectivity index (χ1) is 14.9. The maximum atomic E-state index is 12.6. The monoisotopic (exact) mass is 426 g/mol. The first-order valence-electron chi connectivity index (χ1n) is 9.90. The predicted octanol–water partition coefficient (Wildman–Crippen LogP) is 0.0810. The van der Waals surface area contributed by atoms with E-state index in [-0.39, 0.29) is 36.2 Å². The number of benzene rings is 1. The zero-order chi connectivity index (χ0) is 22.0. The van der Waals surface area contributed by atoms with Gasteiger partial charge in [-0.3, -0.25) is 14.2 Å². The van der Waals surface area contributed by atoms with E-state index in [9.17, 15) is 14.4 Å². The molecule has 0 spiro atoms. The van der Waals surface area contributed by atoms with Crippen molar-refractivity contribution in [1.82, 2.24) is 29.4 Å². The summed E-state index contributed by atoms with van der Waals surface area (Å²) in [6, 6.07) is 7.14. The lowest BCUT2D eigenvalue weighted by Gasteiger charge is -2.26. The van der Waals surface area contributed by atoms with Crippen molar-refractivity contribution in [2.24, 2.45) is 7.05 Å². The molecule has 0 unspecified atom stereocenters. The molecule has 0 N–H and O–H groups in total. The van der Waals surface area contributed by atoms with Crippen LogP contribution in [0.15, 0.2) is 38.4 Å². The van der Waals surface area contributed by atoms with Crippen LogP contribution in [0.4, 0.5) is 0 Å². The molecule has 0 saturated carbocycles. The second-order valence-electron chi connectivity index (χ2n) is 7.25. The number of hydrogen-bond acceptors (Lipinski definition) is 8. The fraction of sp³-hybridized carbons (Fsp3) is 0.400. The summed E-state index contributed by atoms with van der Waals surface area (Å²) in [5.41, 5.74) is 0.197. The first-order valence-corrected chi connectivity index (χ1v) is 9.90. The molecule has 3 heterocycles. The average molecular weight is 426 g/mol. The third-order valence-electron chi connectivity index (χ3n) is 5.05. The van der Waals surface area contributed by atoms with E-state index in [0.29, 0.717) is 32.0 Å². The molecule has 4 rings (SSSR count). The topological polar surface area (TPSA) is 125 Å². The smallest absolute Gasteiger partial charge is 0.351 e. The van der Waals surface area contributed by atoms with Crippen molar-refractivity contribution in [3.63, 3.8) is 0 Å². The van der Waals surface area contributed by atoms with E-state index in [2.05, 4.69) is 15.2 Å². The van der Waals surface area contributed by atoms with Gasteiger partial charge in [0.1, 0.15) is 0 Å². The van der Waals surface area contributed by atoms with Crippen LogP contribution in [0, 0.1) is 6.92 Å². The van der Waals surface area contributed by atoms with Gasteiger partial charge in [-0.1, -0.05) is 22.9 Å². The van der Waals surface area contributed by atoms with E-state index in [4.69, 9.17) is 9.26 Å². The normalized spacial score (nSPS) is 14.1. The summed E-state index contributed by atoms with van der Waals surface area (Å²) >= 11 is 0. The highest BCUT2D eigenvalue weighted by Gasteiger charge is 2.21. The minimum absolute atomic E-state index is 0.0231. The molecule has 0 aliphatic carbocycles. The zero-order valence-corrected chi connectivity index (χ0v) is 17.3. The first kappa shape index (κ1) is 20.7. The Morgan fingerprint density at radius 2 is 1.84 bits per heavy atom. The molecule has 1 fully saturated rings. The quantitative estimate of drug-likeness (QED) is 0.562. The van der Waals surface area contributed by atoms with Crippen LogP contribution in [0.2, 0.25) is 0 Å². The molecular formula is C20H22N6O5. The highest BCUT2D eigenvalue weighted by Crippen LogP contribution is 2.12. The van der Waals surface area contributed by atoms with Crippen molar-refractivity contribution in [3.05, 3.63) is 56.6 Å². The van der Waals surface area contributed by atoms with Gasteiger partial charge in [0.15, 0.2) is 5.69 Å². The molecule has 1 amide bonds. The van der Waals surface area contributed by atoms with Crippen molar-refractivity contribution in [1.29, 1.82) is 0 Å². The van der Waals surface area contributed by atoms with E-state index < -0.39 is 11.2 Å². The number of amides is 1. The van der Waals surface area contributed by atoms with Gasteiger partial charge in [-0.2, -0.15) is 14.8 Å². The number of aryl methyl sites for hydroxylation is 2. The Morgan fingerprint density at radius 3 is 2.55 bits per heavy atom. The van der Waals surface area contributed by atoms with Gasteiger partial charge in [0.05, 0.1) is 18.9 Å². The van der Waals surface area contributed by atoms with Crippen LogP contribution in [-0.2, 0) is 23.0 Å². The van der Waals surface area contributed by atoms with Gasteiger partial charge >= 0.3 is 5.69 Å². The number of carbonyl (C=O) groups is 1. The van der Waals surface area contributed by atoms with Gasteiger partial charge in [0, 0.05) is 33.0 Å². The molecule has 0 radical (unpaired) electrons. The number of nitrogens with zero attached hydrogens (tertiary/aromatic N) is 6. The zero-order valence-electron chi connectivity index (χ0n) is 17.3. The van der Waals surface area contributed by atoms with Crippen molar-refractivity contribution >= 4 is 5.91 Å². The Kier molecular flexibility index (Phi) is 5.76. The van der Waals surface area contributed by atoms with Crippen molar-refractivity contribution in [3.8, 4) is 17.2 Å². The molecule has 11 heteroatoms. The number of ether oxygens (including phenoxy) is 1. The summed E-state index contributed by atoms with van der Waals surface area (Å²) in [6.07, 6.45) is 0.442. The fourth-order valence-corrected chi connectivity index (χ4v) is 3.21. The van der Waals surface area contributed by atoms with Crippen LogP contribution >= 0.6 is 0 Å². The van der Waals surface area contributed by atoms with Gasteiger partial charge in [-0.15, -0.1) is 0 Å². The molecule has 1 aromatic carbocycles. The van der Waals surface area contributed by atoms with Crippen LogP contribution in [0.5, 0.6) is 0 Å². The Morgan fingerprint density at radius 1 is 1.13 bits per heavy atom. The van der Waals surface area contributed by atoms with E-state index in [1.165, 1.54) is 7.05 Å². The van der Waals surface area contributed by atoms with Crippen molar-refractivity contribution < 1.29 is 14.1 Å².